The van der Waals surface area contributed by atoms with Crippen LogP contribution in [-0.2, 0) is 9.53 Å². The van der Waals surface area contributed by atoms with Gasteiger partial charge in [0.25, 0.3) is 0 Å². The Hall–Kier alpha value is -2.55. The van der Waals surface area contributed by atoms with Crippen LogP contribution in [0.2, 0.25) is 0 Å². The number of aromatic amines is 1. The summed E-state index contributed by atoms with van der Waals surface area (Å²) in [7, 11) is 1.43. The smallest absolute Gasteiger partial charge is 0.306 e. The van der Waals surface area contributed by atoms with Crippen LogP contribution in [0.3, 0.4) is 0 Å². The number of carbonyl (C=O) groups excluding carboxylic acids is 1. The molecule has 0 saturated heterocycles. The highest BCUT2D eigenvalue weighted by atomic mass is 16.5. The second-order valence-corrected chi connectivity index (χ2v) is 5.03. The van der Waals surface area contributed by atoms with Crippen LogP contribution >= 0.6 is 0 Å². The van der Waals surface area contributed by atoms with E-state index in [0.29, 0.717) is 6.42 Å². The third-order valence-electron chi connectivity index (χ3n) is 3.80. The minimum atomic E-state index is -0.200. The van der Waals surface area contributed by atoms with Gasteiger partial charge < -0.3 is 9.72 Å². The van der Waals surface area contributed by atoms with Gasteiger partial charge in [0.15, 0.2) is 0 Å². The molecule has 0 aliphatic rings. The van der Waals surface area contributed by atoms with Crippen LogP contribution < -0.4 is 0 Å². The zero-order chi connectivity index (χ0) is 14.7. The molecule has 0 radical (unpaired) electrons. The Morgan fingerprint density at radius 3 is 2.57 bits per heavy atom. The van der Waals surface area contributed by atoms with E-state index < -0.39 is 0 Å². The van der Waals surface area contributed by atoms with Crippen molar-refractivity contribution >= 4 is 16.9 Å². The van der Waals surface area contributed by atoms with Crippen LogP contribution in [0.5, 0.6) is 0 Å². The molecule has 0 fully saturated rings. The van der Waals surface area contributed by atoms with Gasteiger partial charge in [-0.05, 0) is 17.2 Å². The average Bonchev–Trinajstić information content (AvgIpc) is 2.97. The van der Waals surface area contributed by atoms with Crippen LogP contribution in [0.4, 0.5) is 0 Å². The molecule has 1 aromatic heterocycles. The van der Waals surface area contributed by atoms with Crippen molar-refractivity contribution in [3.8, 4) is 0 Å². The minimum Gasteiger partial charge on any atom is -0.469 e. The van der Waals surface area contributed by atoms with Gasteiger partial charge in [0.05, 0.1) is 13.5 Å². The molecule has 1 atom stereocenters. The quantitative estimate of drug-likeness (QED) is 0.737. The predicted molar refractivity (Wildman–Crippen MR) is 83.2 cm³/mol. The van der Waals surface area contributed by atoms with Crippen LogP contribution in [0.15, 0.2) is 60.8 Å². The summed E-state index contributed by atoms with van der Waals surface area (Å²) in [4.78, 5) is 15.1. The predicted octanol–water partition coefficient (Wildman–Crippen LogP) is 3.86. The standard InChI is InChI=1S/C18H17NO2/c1-21-18(20)11-15(13-7-3-2-4-8-13)16-12-19-17-10-6-5-9-14(16)17/h2-10,12,15,19H,11H2,1H3/t15-/m1/s1. The molecule has 0 aliphatic heterocycles. The zero-order valence-corrected chi connectivity index (χ0v) is 11.9. The number of ether oxygens (including phenoxy) is 1. The summed E-state index contributed by atoms with van der Waals surface area (Å²) in [6, 6.07) is 18.2. The minimum absolute atomic E-state index is 0.00481. The Kier molecular flexibility index (Phi) is 3.73. The lowest BCUT2D eigenvalue weighted by atomic mass is 9.88. The molecule has 3 aromatic rings. The molecular formula is C18H17NO2. The zero-order valence-electron chi connectivity index (χ0n) is 11.9. The second kappa shape index (κ2) is 5.83. The van der Waals surface area contributed by atoms with E-state index >= 15 is 0 Å². The maximum atomic E-state index is 11.8. The molecule has 3 rings (SSSR count). The van der Waals surface area contributed by atoms with Crippen molar-refractivity contribution in [3.63, 3.8) is 0 Å². The third-order valence-corrected chi connectivity index (χ3v) is 3.80. The molecule has 1 heterocycles. The Morgan fingerprint density at radius 2 is 1.81 bits per heavy atom. The lowest BCUT2D eigenvalue weighted by Crippen LogP contribution is -2.09. The number of nitrogens with one attached hydrogen (secondary N) is 1. The largest absolute Gasteiger partial charge is 0.469 e. The van der Waals surface area contributed by atoms with E-state index in [-0.39, 0.29) is 11.9 Å². The molecule has 3 nitrogen and oxygen atoms in total. The van der Waals surface area contributed by atoms with Gasteiger partial charge >= 0.3 is 5.97 Å². The summed E-state index contributed by atoms with van der Waals surface area (Å²) < 4.78 is 4.86. The maximum absolute atomic E-state index is 11.8. The van der Waals surface area contributed by atoms with Crippen LogP contribution in [0.1, 0.15) is 23.5 Å². The molecule has 0 spiro atoms. The molecule has 1 N–H and O–H groups in total. The number of carbonyl (C=O) groups is 1. The summed E-state index contributed by atoms with van der Waals surface area (Å²) in [5.41, 5.74) is 3.33. The van der Waals surface area contributed by atoms with Crippen molar-refractivity contribution < 1.29 is 9.53 Å². The summed E-state index contributed by atoms with van der Waals surface area (Å²) in [6.45, 7) is 0. The Balaban J connectivity index is 2.08. The molecule has 0 unspecified atom stereocenters. The molecule has 3 heteroatoms. The number of fused-ring (bicyclic) bond motifs is 1. The summed E-state index contributed by atoms with van der Waals surface area (Å²) in [5, 5.41) is 1.15. The molecule has 21 heavy (non-hydrogen) atoms. The number of H-pyrrole nitrogens is 1. The van der Waals surface area contributed by atoms with Gasteiger partial charge in [-0.2, -0.15) is 0 Å². The van der Waals surface area contributed by atoms with E-state index in [4.69, 9.17) is 4.74 Å². The van der Waals surface area contributed by atoms with Gasteiger partial charge in [-0.25, -0.2) is 0 Å². The fourth-order valence-corrected chi connectivity index (χ4v) is 2.72. The lowest BCUT2D eigenvalue weighted by molar-refractivity contribution is -0.140. The number of aromatic nitrogens is 1. The van der Waals surface area contributed by atoms with E-state index in [9.17, 15) is 4.79 Å². The Labute approximate surface area is 123 Å². The molecule has 0 bridgehead atoms. The number of methoxy groups -OCH3 is 1. The fraction of sp³-hybridized carbons (Fsp3) is 0.167. The molecule has 106 valence electrons. The van der Waals surface area contributed by atoms with Gasteiger partial charge in [0, 0.05) is 23.0 Å². The van der Waals surface area contributed by atoms with E-state index in [0.717, 1.165) is 22.0 Å². The summed E-state index contributed by atoms with van der Waals surface area (Å²) >= 11 is 0. The van der Waals surface area contributed by atoms with Gasteiger partial charge in [-0.15, -0.1) is 0 Å². The highest BCUT2D eigenvalue weighted by Crippen LogP contribution is 2.33. The topological polar surface area (TPSA) is 42.1 Å². The van der Waals surface area contributed by atoms with E-state index in [1.165, 1.54) is 7.11 Å². The summed E-state index contributed by atoms with van der Waals surface area (Å²) in [6.07, 6.45) is 2.33. The molecule has 0 amide bonds. The molecule has 0 saturated carbocycles. The van der Waals surface area contributed by atoms with E-state index in [1.54, 1.807) is 0 Å². The first kappa shape index (κ1) is 13.4. The highest BCUT2D eigenvalue weighted by molar-refractivity contribution is 5.85. The lowest BCUT2D eigenvalue weighted by Gasteiger charge is -2.16. The molecule has 0 aliphatic carbocycles. The average molecular weight is 279 g/mol. The number of esters is 1. The third kappa shape index (κ3) is 2.68. The van der Waals surface area contributed by atoms with Crippen molar-refractivity contribution in [2.24, 2.45) is 0 Å². The fourth-order valence-electron chi connectivity index (χ4n) is 2.72. The molecular weight excluding hydrogens is 262 g/mol. The first-order valence-corrected chi connectivity index (χ1v) is 6.97. The van der Waals surface area contributed by atoms with Gasteiger partial charge in [0.1, 0.15) is 0 Å². The second-order valence-electron chi connectivity index (χ2n) is 5.03. The Bertz CT molecular complexity index is 746. The highest BCUT2D eigenvalue weighted by Gasteiger charge is 2.21. The number of hydrogen-bond acceptors (Lipinski definition) is 2. The van der Waals surface area contributed by atoms with Crippen molar-refractivity contribution in [1.82, 2.24) is 4.98 Å². The van der Waals surface area contributed by atoms with Gasteiger partial charge in [-0.1, -0.05) is 48.5 Å². The maximum Gasteiger partial charge on any atom is 0.306 e. The number of benzene rings is 2. The van der Waals surface area contributed by atoms with Crippen molar-refractivity contribution in [2.75, 3.05) is 7.11 Å². The van der Waals surface area contributed by atoms with E-state index in [2.05, 4.69) is 23.2 Å². The van der Waals surface area contributed by atoms with Crippen LogP contribution in [0.25, 0.3) is 10.9 Å². The van der Waals surface area contributed by atoms with Gasteiger partial charge in [-0.3, -0.25) is 4.79 Å². The summed E-state index contributed by atoms with van der Waals surface area (Å²) in [5.74, 6) is -0.205. The normalized spacial score (nSPS) is 12.2. The monoisotopic (exact) mass is 279 g/mol. The van der Waals surface area contributed by atoms with Crippen molar-refractivity contribution in [1.29, 1.82) is 0 Å². The Morgan fingerprint density at radius 1 is 1.10 bits per heavy atom. The van der Waals surface area contributed by atoms with Crippen molar-refractivity contribution in [3.05, 3.63) is 71.9 Å². The van der Waals surface area contributed by atoms with Crippen molar-refractivity contribution in [2.45, 2.75) is 12.3 Å². The first-order chi connectivity index (χ1) is 10.3. The van der Waals surface area contributed by atoms with Crippen LogP contribution in [0, 0.1) is 0 Å². The number of para-hydroxylation sites is 1. The molecule has 2 aromatic carbocycles. The number of rotatable bonds is 4. The van der Waals surface area contributed by atoms with Gasteiger partial charge in [0.2, 0.25) is 0 Å². The van der Waals surface area contributed by atoms with E-state index in [1.807, 2.05) is 42.6 Å². The SMILES string of the molecule is COC(=O)C[C@H](c1ccccc1)c1c[nH]c2ccccc12. The van der Waals surface area contributed by atoms with Crippen LogP contribution in [-0.4, -0.2) is 18.1 Å². The number of hydrogen-bond donors (Lipinski definition) is 1. The first-order valence-electron chi connectivity index (χ1n) is 6.97.